The third-order valence-corrected chi connectivity index (χ3v) is 5.17. The first-order chi connectivity index (χ1) is 13.9. The largest absolute Gasteiger partial charge is 0.469 e. The first-order valence-corrected chi connectivity index (χ1v) is 8.98. The normalized spacial score (nSPS) is 20.8. The molecule has 1 aliphatic carbocycles. The lowest BCUT2D eigenvalue weighted by Gasteiger charge is -2.15. The molecule has 1 fully saturated rings. The van der Waals surface area contributed by atoms with Crippen molar-refractivity contribution in [2.45, 2.75) is 18.9 Å². The van der Waals surface area contributed by atoms with Crippen LogP contribution in [0.5, 0.6) is 0 Å². The fourth-order valence-corrected chi connectivity index (χ4v) is 3.73. The molecule has 0 aliphatic heterocycles. The molecule has 1 aromatic heterocycles. The van der Waals surface area contributed by atoms with E-state index in [1.807, 2.05) is 0 Å². The van der Waals surface area contributed by atoms with Crippen molar-refractivity contribution in [2.75, 3.05) is 14.2 Å². The van der Waals surface area contributed by atoms with Crippen molar-refractivity contribution in [3.63, 3.8) is 0 Å². The average molecular weight is 400 g/mol. The molecule has 1 heterocycles. The van der Waals surface area contributed by atoms with Gasteiger partial charge in [-0.3, -0.25) is 23.7 Å². The molecule has 1 unspecified atom stereocenters. The van der Waals surface area contributed by atoms with Crippen molar-refractivity contribution in [2.24, 2.45) is 11.8 Å². The lowest BCUT2D eigenvalue weighted by molar-refractivity contribution is -0.156. The number of esters is 2. The van der Waals surface area contributed by atoms with Crippen molar-refractivity contribution in [1.82, 2.24) is 9.13 Å². The van der Waals surface area contributed by atoms with Crippen molar-refractivity contribution in [1.29, 1.82) is 0 Å². The minimum absolute atomic E-state index is 0.143. The Labute approximate surface area is 165 Å². The van der Waals surface area contributed by atoms with Gasteiger partial charge in [0.15, 0.2) is 0 Å². The SMILES string of the molecule is COC(=O)[C@H]1CC(n2ccc(=O)n(C(=O)c3ccccc3)c2=O)C[C@H]1C(=O)OC. The number of methoxy groups -OCH3 is 2. The van der Waals surface area contributed by atoms with Gasteiger partial charge in [0.2, 0.25) is 0 Å². The Kier molecular flexibility index (Phi) is 5.76. The summed E-state index contributed by atoms with van der Waals surface area (Å²) in [6.07, 6.45) is 1.56. The summed E-state index contributed by atoms with van der Waals surface area (Å²) >= 11 is 0. The first kappa shape index (κ1) is 20.2. The fraction of sp³-hybridized carbons (Fsp3) is 0.350. The van der Waals surface area contributed by atoms with Gasteiger partial charge in [0.05, 0.1) is 26.1 Å². The van der Waals surface area contributed by atoms with Crippen LogP contribution in [0.3, 0.4) is 0 Å². The maximum absolute atomic E-state index is 13.0. The summed E-state index contributed by atoms with van der Waals surface area (Å²) in [6.45, 7) is 0. The second kappa shape index (κ2) is 8.26. The lowest BCUT2D eigenvalue weighted by atomic mass is 9.96. The zero-order valence-electron chi connectivity index (χ0n) is 15.9. The third kappa shape index (κ3) is 3.75. The molecule has 152 valence electrons. The second-order valence-corrected chi connectivity index (χ2v) is 6.73. The van der Waals surface area contributed by atoms with Gasteiger partial charge < -0.3 is 9.47 Å². The van der Waals surface area contributed by atoms with Crippen LogP contribution in [0.15, 0.2) is 52.2 Å². The molecule has 1 aromatic carbocycles. The number of carbonyl (C=O) groups is 3. The smallest absolute Gasteiger partial charge is 0.338 e. The van der Waals surface area contributed by atoms with Crippen molar-refractivity contribution in [3.05, 3.63) is 69.0 Å². The maximum atomic E-state index is 13.0. The molecule has 0 radical (unpaired) electrons. The molecular formula is C20H20N2O7. The van der Waals surface area contributed by atoms with E-state index in [0.717, 1.165) is 6.07 Å². The zero-order chi connectivity index (χ0) is 21.1. The van der Waals surface area contributed by atoms with Crippen LogP contribution in [0, 0.1) is 11.8 Å². The quantitative estimate of drug-likeness (QED) is 0.691. The van der Waals surface area contributed by atoms with Crippen LogP contribution in [0.4, 0.5) is 0 Å². The van der Waals surface area contributed by atoms with Crippen LogP contribution in [0.25, 0.3) is 0 Å². The molecule has 1 saturated carbocycles. The summed E-state index contributed by atoms with van der Waals surface area (Å²) in [5, 5.41) is 0. The van der Waals surface area contributed by atoms with Gasteiger partial charge in [-0.2, -0.15) is 4.57 Å². The van der Waals surface area contributed by atoms with Gasteiger partial charge in [-0.25, -0.2) is 4.79 Å². The molecule has 9 nitrogen and oxygen atoms in total. The molecule has 3 rings (SSSR count). The first-order valence-electron chi connectivity index (χ1n) is 8.98. The maximum Gasteiger partial charge on any atom is 0.338 e. The monoisotopic (exact) mass is 400 g/mol. The molecule has 3 atom stereocenters. The highest BCUT2D eigenvalue weighted by molar-refractivity contribution is 5.95. The Morgan fingerprint density at radius 3 is 1.97 bits per heavy atom. The average Bonchev–Trinajstić information content (AvgIpc) is 3.18. The minimum atomic E-state index is -0.828. The van der Waals surface area contributed by atoms with Crippen molar-refractivity contribution >= 4 is 17.8 Å². The topological polar surface area (TPSA) is 114 Å². The summed E-state index contributed by atoms with van der Waals surface area (Å²) in [5.74, 6) is -3.47. The van der Waals surface area contributed by atoms with E-state index < -0.39 is 47.0 Å². The van der Waals surface area contributed by atoms with Crippen molar-refractivity contribution < 1.29 is 23.9 Å². The van der Waals surface area contributed by atoms with Crippen LogP contribution in [0.2, 0.25) is 0 Å². The summed E-state index contributed by atoms with van der Waals surface area (Å²) in [7, 11) is 2.43. The van der Waals surface area contributed by atoms with Crippen LogP contribution >= 0.6 is 0 Å². The minimum Gasteiger partial charge on any atom is -0.469 e. The highest BCUT2D eigenvalue weighted by atomic mass is 16.5. The summed E-state index contributed by atoms with van der Waals surface area (Å²) < 4.78 is 11.3. The molecule has 1 aliphatic rings. The van der Waals surface area contributed by atoms with E-state index in [2.05, 4.69) is 0 Å². The summed E-state index contributed by atoms with van der Waals surface area (Å²) in [5.41, 5.74) is -1.40. The highest BCUT2D eigenvalue weighted by Gasteiger charge is 2.45. The van der Waals surface area contributed by atoms with E-state index >= 15 is 0 Å². The Hall–Kier alpha value is -3.49. The van der Waals surface area contributed by atoms with E-state index in [1.165, 1.54) is 37.1 Å². The molecule has 0 spiro atoms. The second-order valence-electron chi connectivity index (χ2n) is 6.73. The fourth-order valence-electron chi connectivity index (χ4n) is 3.73. The van der Waals surface area contributed by atoms with E-state index in [-0.39, 0.29) is 18.4 Å². The molecule has 9 heteroatoms. The molecule has 0 saturated heterocycles. The van der Waals surface area contributed by atoms with Gasteiger partial charge in [-0.05, 0) is 25.0 Å². The van der Waals surface area contributed by atoms with E-state index in [4.69, 9.17) is 9.47 Å². The van der Waals surface area contributed by atoms with Crippen LogP contribution in [-0.4, -0.2) is 41.2 Å². The number of nitrogens with zero attached hydrogens (tertiary/aromatic N) is 2. The van der Waals surface area contributed by atoms with Crippen LogP contribution in [-0.2, 0) is 19.1 Å². The third-order valence-electron chi connectivity index (χ3n) is 5.17. The van der Waals surface area contributed by atoms with Gasteiger partial charge in [-0.15, -0.1) is 0 Å². The van der Waals surface area contributed by atoms with Crippen LogP contribution in [0.1, 0.15) is 29.2 Å². The Morgan fingerprint density at radius 1 is 0.897 bits per heavy atom. The van der Waals surface area contributed by atoms with E-state index in [0.29, 0.717) is 4.57 Å². The number of rotatable bonds is 4. The van der Waals surface area contributed by atoms with Crippen molar-refractivity contribution in [3.8, 4) is 0 Å². The van der Waals surface area contributed by atoms with Gasteiger partial charge in [0.1, 0.15) is 0 Å². The number of benzene rings is 1. The number of carbonyl (C=O) groups excluding carboxylic acids is 3. The molecule has 29 heavy (non-hydrogen) atoms. The standard InChI is InChI=1S/C20H20N2O7/c1-28-18(25)14-10-13(11-15(14)19(26)29-2)21-9-8-16(23)22(20(21)27)17(24)12-6-4-3-5-7-12/h3-9,13-15H,10-11H2,1-2H3/t13?,14-,15+. The molecule has 0 amide bonds. The zero-order valence-corrected chi connectivity index (χ0v) is 15.9. The molecule has 0 bridgehead atoms. The number of hydrogen-bond acceptors (Lipinski definition) is 7. The molecule has 0 N–H and O–H groups in total. The molecular weight excluding hydrogens is 380 g/mol. The Bertz CT molecular complexity index is 1030. The lowest BCUT2D eigenvalue weighted by Crippen LogP contribution is -2.44. The van der Waals surface area contributed by atoms with E-state index in [9.17, 15) is 24.0 Å². The van der Waals surface area contributed by atoms with Gasteiger partial charge in [0.25, 0.3) is 11.5 Å². The summed E-state index contributed by atoms with van der Waals surface area (Å²) in [4.78, 5) is 62.1. The van der Waals surface area contributed by atoms with Crippen LogP contribution < -0.4 is 11.2 Å². The van der Waals surface area contributed by atoms with Gasteiger partial charge in [-0.1, -0.05) is 18.2 Å². The molecule has 2 aromatic rings. The number of aromatic nitrogens is 2. The number of hydrogen-bond donors (Lipinski definition) is 0. The predicted molar refractivity (Wildman–Crippen MR) is 100 cm³/mol. The van der Waals surface area contributed by atoms with Gasteiger partial charge in [0, 0.05) is 23.9 Å². The van der Waals surface area contributed by atoms with Gasteiger partial charge >= 0.3 is 17.6 Å². The highest BCUT2D eigenvalue weighted by Crippen LogP contribution is 2.40. The predicted octanol–water partition coefficient (Wildman–Crippen LogP) is 0.612. The van der Waals surface area contributed by atoms with E-state index in [1.54, 1.807) is 18.2 Å². The number of ether oxygens (including phenoxy) is 2. The summed E-state index contributed by atoms with van der Waals surface area (Å²) in [6, 6.07) is 8.49. The Morgan fingerprint density at radius 2 is 1.45 bits per heavy atom. The Balaban J connectivity index is 2.01.